The van der Waals surface area contributed by atoms with Crippen LogP contribution in [-0.2, 0) is 7.05 Å². The van der Waals surface area contributed by atoms with Crippen molar-refractivity contribution in [1.82, 2.24) is 14.1 Å². The Kier molecular flexibility index (Phi) is 3.65. The van der Waals surface area contributed by atoms with Crippen molar-refractivity contribution < 1.29 is 9.90 Å². The molecule has 0 spiro atoms. The molecular weight excluding hydrogens is 326 g/mol. The number of nitrogens with zero attached hydrogens (tertiary/aromatic N) is 3. The largest absolute Gasteiger partial charge is 0.478 e. The molecule has 0 saturated carbocycles. The standard InChI is InChI=1S/C21H19N3O2/c1-13-4-5-14(2)24(13)17-8-6-15(7-9-17)16-10-18(21(25)26)20-19(11-16)23(3)12-22-20/h4-12H,1-3H3,(H,25,26). The number of carboxylic acids is 1. The molecule has 0 unspecified atom stereocenters. The van der Waals surface area contributed by atoms with Gasteiger partial charge < -0.3 is 14.2 Å². The van der Waals surface area contributed by atoms with E-state index in [0.717, 1.165) is 22.3 Å². The Morgan fingerprint density at radius 2 is 1.62 bits per heavy atom. The number of benzene rings is 2. The van der Waals surface area contributed by atoms with Gasteiger partial charge in [-0.1, -0.05) is 12.1 Å². The van der Waals surface area contributed by atoms with E-state index >= 15 is 0 Å². The minimum atomic E-state index is -0.967. The van der Waals surface area contributed by atoms with Crippen LogP contribution in [0, 0.1) is 13.8 Å². The summed E-state index contributed by atoms with van der Waals surface area (Å²) in [6.45, 7) is 4.16. The van der Waals surface area contributed by atoms with Gasteiger partial charge in [-0.2, -0.15) is 0 Å². The van der Waals surface area contributed by atoms with Crippen molar-refractivity contribution in [3.8, 4) is 16.8 Å². The minimum Gasteiger partial charge on any atom is -0.478 e. The van der Waals surface area contributed by atoms with Crippen LogP contribution in [0.1, 0.15) is 21.7 Å². The van der Waals surface area contributed by atoms with Crippen LogP contribution in [0.3, 0.4) is 0 Å². The first-order chi connectivity index (χ1) is 12.5. The van der Waals surface area contributed by atoms with Gasteiger partial charge in [0.05, 0.1) is 17.4 Å². The summed E-state index contributed by atoms with van der Waals surface area (Å²) >= 11 is 0. The van der Waals surface area contributed by atoms with Crippen molar-refractivity contribution in [2.24, 2.45) is 7.05 Å². The number of aromatic nitrogens is 3. The van der Waals surface area contributed by atoms with Crippen molar-refractivity contribution in [2.75, 3.05) is 0 Å². The normalized spacial score (nSPS) is 11.2. The summed E-state index contributed by atoms with van der Waals surface area (Å²) in [5.41, 5.74) is 6.83. The third kappa shape index (κ3) is 2.49. The van der Waals surface area contributed by atoms with E-state index in [9.17, 15) is 9.90 Å². The molecule has 0 atom stereocenters. The van der Waals surface area contributed by atoms with Crippen LogP contribution in [0.15, 0.2) is 54.9 Å². The zero-order valence-corrected chi connectivity index (χ0v) is 14.9. The first-order valence-corrected chi connectivity index (χ1v) is 8.40. The summed E-state index contributed by atoms with van der Waals surface area (Å²) in [5, 5.41) is 9.54. The summed E-state index contributed by atoms with van der Waals surface area (Å²) in [4.78, 5) is 15.9. The van der Waals surface area contributed by atoms with Crippen LogP contribution >= 0.6 is 0 Å². The lowest BCUT2D eigenvalue weighted by molar-refractivity contribution is 0.0699. The van der Waals surface area contributed by atoms with Crippen molar-refractivity contribution in [2.45, 2.75) is 13.8 Å². The van der Waals surface area contributed by atoms with E-state index in [1.807, 2.05) is 29.8 Å². The second kappa shape index (κ2) is 5.88. The van der Waals surface area contributed by atoms with E-state index in [-0.39, 0.29) is 5.56 Å². The Balaban J connectivity index is 1.83. The highest BCUT2D eigenvalue weighted by molar-refractivity contribution is 6.03. The van der Waals surface area contributed by atoms with Gasteiger partial charge in [0.15, 0.2) is 0 Å². The highest BCUT2D eigenvalue weighted by Crippen LogP contribution is 2.28. The molecule has 2 aromatic carbocycles. The Labute approximate surface area is 151 Å². The van der Waals surface area contributed by atoms with Crippen molar-refractivity contribution in [3.05, 3.63) is 71.8 Å². The molecule has 1 N–H and O–H groups in total. The summed E-state index contributed by atoms with van der Waals surface area (Å²) < 4.78 is 4.03. The van der Waals surface area contributed by atoms with Crippen molar-refractivity contribution in [3.63, 3.8) is 0 Å². The number of carboxylic acid groups (broad SMARTS) is 1. The topological polar surface area (TPSA) is 60.1 Å². The maximum atomic E-state index is 11.6. The Bertz CT molecular complexity index is 1110. The highest BCUT2D eigenvalue weighted by Gasteiger charge is 2.15. The highest BCUT2D eigenvalue weighted by atomic mass is 16.4. The fraction of sp³-hybridized carbons (Fsp3) is 0.143. The molecule has 0 fully saturated rings. The van der Waals surface area contributed by atoms with Gasteiger partial charge in [-0.05, 0) is 61.4 Å². The maximum absolute atomic E-state index is 11.6. The van der Waals surface area contributed by atoms with E-state index in [1.165, 1.54) is 11.4 Å². The lowest BCUT2D eigenvalue weighted by Gasteiger charge is -2.11. The molecule has 0 aliphatic heterocycles. The quantitative estimate of drug-likeness (QED) is 0.601. The van der Waals surface area contributed by atoms with Gasteiger partial charge in [0, 0.05) is 24.1 Å². The minimum absolute atomic E-state index is 0.222. The van der Waals surface area contributed by atoms with Crippen LogP contribution in [0.4, 0.5) is 0 Å². The van der Waals surface area contributed by atoms with Gasteiger partial charge >= 0.3 is 5.97 Å². The summed E-state index contributed by atoms with van der Waals surface area (Å²) in [7, 11) is 1.87. The number of aromatic carboxylic acids is 1. The van der Waals surface area contributed by atoms with Gasteiger partial charge in [0.2, 0.25) is 0 Å². The molecule has 130 valence electrons. The molecule has 0 saturated heterocycles. The molecule has 4 rings (SSSR count). The number of fused-ring (bicyclic) bond motifs is 1. The van der Waals surface area contributed by atoms with Gasteiger partial charge in [-0.3, -0.25) is 0 Å². The zero-order valence-electron chi connectivity index (χ0n) is 14.9. The van der Waals surface area contributed by atoms with E-state index in [0.29, 0.717) is 5.52 Å². The molecule has 2 heterocycles. The fourth-order valence-electron chi connectivity index (χ4n) is 3.44. The fourth-order valence-corrected chi connectivity index (χ4v) is 3.44. The summed E-state index contributed by atoms with van der Waals surface area (Å²) in [5.74, 6) is -0.967. The second-order valence-electron chi connectivity index (χ2n) is 6.55. The molecule has 2 aromatic heterocycles. The zero-order chi connectivity index (χ0) is 18.4. The monoisotopic (exact) mass is 345 g/mol. The maximum Gasteiger partial charge on any atom is 0.337 e. The molecule has 0 amide bonds. The van der Waals surface area contributed by atoms with Gasteiger partial charge in [0.25, 0.3) is 0 Å². The Morgan fingerprint density at radius 1 is 0.962 bits per heavy atom. The van der Waals surface area contributed by atoms with Crippen LogP contribution in [0.5, 0.6) is 0 Å². The Hall–Kier alpha value is -3.34. The third-order valence-corrected chi connectivity index (χ3v) is 4.79. The van der Waals surface area contributed by atoms with E-state index < -0.39 is 5.97 Å². The van der Waals surface area contributed by atoms with E-state index in [1.54, 1.807) is 12.4 Å². The molecular formula is C21H19N3O2. The average molecular weight is 345 g/mol. The van der Waals surface area contributed by atoms with Gasteiger partial charge in [-0.15, -0.1) is 0 Å². The van der Waals surface area contributed by atoms with Crippen LogP contribution < -0.4 is 0 Å². The van der Waals surface area contributed by atoms with Crippen molar-refractivity contribution in [1.29, 1.82) is 0 Å². The average Bonchev–Trinajstić information content (AvgIpc) is 3.17. The van der Waals surface area contributed by atoms with Crippen LogP contribution in [-0.4, -0.2) is 25.2 Å². The summed E-state index contributed by atoms with van der Waals surface area (Å²) in [6.07, 6.45) is 1.64. The molecule has 5 heteroatoms. The number of carbonyl (C=O) groups is 1. The number of imidazole rings is 1. The molecule has 5 nitrogen and oxygen atoms in total. The number of hydrogen-bond acceptors (Lipinski definition) is 2. The van der Waals surface area contributed by atoms with Gasteiger partial charge in [-0.25, -0.2) is 9.78 Å². The first kappa shape index (κ1) is 16.1. The third-order valence-electron chi connectivity index (χ3n) is 4.79. The first-order valence-electron chi connectivity index (χ1n) is 8.40. The molecule has 26 heavy (non-hydrogen) atoms. The van der Waals surface area contributed by atoms with Crippen molar-refractivity contribution >= 4 is 17.0 Å². The molecule has 0 radical (unpaired) electrons. The Morgan fingerprint density at radius 3 is 2.23 bits per heavy atom. The molecule has 0 aliphatic rings. The van der Waals surface area contributed by atoms with E-state index in [4.69, 9.17) is 0 Å². The molecule has 4 aromatic rings. The predicted molar refractivity (Wildman–Crippen MR) is 102 cm³/mol. The van der Waals surface area contributed by atoms with Crippen LogP contribution in [0.25, 0.3) is 27.8 Å². The second-order valence-corrected chi connectivity index (χ2v) is 6.55. The SMILES string of the molecule is Cc1ccc(C)n1-c1ccc(-c2cc(C(=O)O)c3ncn(C)c3c2)cc1. The molecule has 0 bridgehead atoms. The lowest BCUT2D eigenvalue weighted by Crippen LogP contribution is -2.00. The number of aryl methyl sites for hydroxylation is 3. The number of rotatable bonds is 3. The van der Waals surface area contributed by atoms with Crippen LogP contribution in [0.2, 0.25) is 0 Å². The van der Waals surface area contributed by atoms with E-state index in [2.05, 4.69) is 47.7 Å². The predicted octanol–water partition coefficient (Wildman–Crippen LogP) is 4.35. The van der Waals surface area contributed by atoms with Gasteiger partial charge in [0.1, 0.15) is 5.52 Å². The number of hydrogen-bond donors (Lipinski definition) is 1. The summed E-state index contributed by atoms with van der Waals surface area (Å²) in [6, 6.07) is 16.0. The lowest BCUT2D eigenvalue weighted by atomic mass is 10.0. The molecule has 0 aliphatic carbocycles. The smallest absolute Gasteiger partial charge is 0.337 e.